The van der Waals surface area contributed by atoms with E-state index in [1.165, 1.54) is 4.90 Å². The fourth-order valence-electron chi connectivity index (χ4n) is 2.33. The van der Waals surface area contributed by atoms with Crippen LogP contribution in [0.2, 0.25) is 0 Å². The van der Waals surface area contributed by atoms with E-state index in [0.29, 0.717) is 25.1 Å². The second-order valence-electron chi connectivity index (χ2n) is 5.28. The van der Waals surface area contributed by atoms with Gasteiger partial charge in [-0.15, -0.1) is 0 Å². The third kappa shape index (κ3) is 3.96. The van der Waals surface area contributed by atoms with E-state index >= 15 is 0 Å². The second kappa shape index (κ2) is 7.51. The van der Waals surface area contributed by atoms with Crippen LogP contribution in [0.25, 0.3) is 0 Å². The fourth-order valence-corrected chi connectivity index (χ4v) is 2.33. The molecule has 4 nitrogen and oxygen atoms in total. The number of alkyl halides is 3. The molecule has 130 valence electrons. The van der Waals surface area contributed by atoms with Gasteiger partial charge in [-0.2, -0.15) is 18.2 Å². The molecule has 0 radical (unpaired) electrons. The van der Waals surface area contributed by atoms with Crippen LogP contribution in [0, 0.1) is 0 Å². The summed E-state index contributed by atoms with van der Waals surface area (Å²) >= 11 is 0. The Morgan fingerprint density at radius 1 is 1.17 bits per heavy atom. The highest BCUT2D eigenvalue weighted by Gasteiger charge is 2.37. The molecule has 24 heavy (non-hydrogen) atoms. The maximum absolute atomic E-state index is 13.3. The van der Waals surface area contributed by atoms with E-state index < -0.39 is 11.7 Å². The van der Waals surface area contributed by atoms with Gasteiger partial charge in [0.05, 0.1) is 6.61 Å². The number of hydrogen-bond donors (Lipinski definition) is 0. The first kappa shape index (κ1) is 18.0. The van der Waals surface area contributed by atoms with Gasteiger partial charge in [0.2, 0.25) is 0 Å². The van der Waals surface area contributed by atoms with E-state index in [-0.39, 0.29) is 11.8 Å². The SMILES string of the molecule is CCCOc1ncc(C(F)(F)F)c(N(C)c2ccccc2CC)n1. The third-order valence-corrected chi connectivity index (χ3v) is 3.54. The minimum atomic E-state index is -4.55. The second-order valence-corrected chi connectivity index (χ2v) is 5.28. The molecule has 0 bridgehead atoms. The molecule has 1 aromatic carbocycles. The van der Waals surface area contributed by atoms with Crippen LogP contribution in [0.3, 0.4) is 0 Å². The minimum absolute atomic E-state index is 0.0549. The lowest BCUT2D eigenvalue weighted by atomic mass is 10.1. The van der Waals surface area contributed by atoms with Gasteiger partial charge in [-0.25, -0.2) is 4.98 Å². The van der Waals surface area contributed by atoms with Crippen molar-refractivity contribution in [3.05, 3.63) is 41.6 Å². The van der Waals surface area contributed by atoms with Gasteiger partial charge in [0.15, 0.2) is 5.82 Å². The minimum Gasteiger partial charge on any atom is -0.463 e. The first-order valence-electron chi connectivity index (χ1n) is 7.77. The van der Waals surface area contributed by atoms with Crippen molar-refractivity contribution in [2.45, 2.75) is 32.9 Å². The quantitative estimate of drug-likeness (QED) is 0.770. The number of anilines is 2. The lowest BCUT2D eigenvalue weighted by molar-refractivity contribution is -0.137. The lowest BCUT2D eigenvalue weighted by Crippen LogP contribution is -2.20. The van der Waals surface area contributed by atoms with Crippen molar-refractivity contribution in [3.8, 4) is 6.01 Å². The highest BCUT2D eigenvalue weighted by molar-refractivity contribution is 5.66. The Morgan fingerprint density at radius 2 is 1.88 bits per heavy atom. The molecule has 7 heteroatoms. The highest BCUT2D eigenvalue weighted by Crippen LogP contribution is 2.38. The fraction of sp³-hybridized carbons (Fsp3) is 0.412. The van der Waals surface area contributed by atoms with Crippen LogP contribution in [-0.4, -0.2) is 23.6 Å². The topological polar surface area (TPSA) is 38.2 Å². The third-order valence-electron chi connectivity index (χ3n) is 3.54. The van der Waals surface area contributed by atoms with Crippen LogP contribution in [0.5, 0.6) is 6.01 Å². The molecule has 0 saturated heterocycles. The number of para-hydroxylation sites is 1. The number of ether oxygens (including phenoxy) is 1. The summed E-state index contributed by atoms with van der Waals surface area (Å²) in [5.41, 5.74) is 0.716. The van der Waals surface area contributed by atoms with Crippen LogP contribution in [-0.2, 0) is 12.6 Å². The molecule has 0 spiro atoms. The highest BCUT2D eigenvalue weighted by atomic mass is 19.4. The Kier molecular flexibility index (Phi) is 5.64. The number of rotatable bonds is 6. The van der Waals surface area contributed by atoms with Gasteiger partial charge < -0.3 is 9.64 Å². The first-order valence-corrected chi connectivity index (χ1v) is 7.77. The van der Waals surface area contributed by atoms with Crippen molar-refractivity contribution in [3.63, 3.8) is 0 Å². The van der Waals surface area contributed by atoms with Crippen molar-refractivity contribution in [1.29, 1.82) is 0 Å². The molecule has 0 N–H and O–H groups in total. The lowest BCUT2D eigenvalue weighted by Gasteiger charge is -2.24. The van der Waals surface area contributed by atoms with Crippen molar-refractivity contribution in [2.24, 2.45) is 0 Å². The normalized spacial score (nSPS) is 11.4. The van der Waals surface area contributed by atoms with Crippen molar-refractivity contribution in [1.82, 2.24) is 9.97 Å². The Bertz CT molecular complexity index is 689. The molecule has 2 aromatic rings. The summed E-state index contributed by atoms with van der Waals surface area (Å²) in [4.78, 5) is 9.12. The largest absolute Gasteiger partial charge is 0.463 e. The van der Waals surface area contributed by atoms with Crippen molar-refractivity contribution in [2.75, 3.05) is 18.6 Å². The number of halogens is 3. The molecule has 0 aliphatic heterocycles. The van der Waals surface area contributed by atoms with Crippen LogP contribution in [0.4, 0.5) is 24.7 Å². The summed E-state index contributed by atoms with van der Waals surface area (Å²) in [5, 5.41) is 0. The number of aryl methyl sites for hydroxylation is 1. The summed E-state index contributed by atoms with van der Waals surface area (Å²) in [5.74, 6) is -0.218. The maximum atomic E-state index is 13.3. The predicted molar refractivity (Wildman–Crippen MR) is 86.7 cm³/mol. The molecular weight excluding hydrogens is 319 g/mol. The van der Waals surface area contributed by atoms with Gasteiger partial charge in [-0.3, -0.25) is 0 Å². The zero-order chi connectivity index (χ0) is 17.7. The summed E-state index contributed by atoms with van der Waals surface area (Å²) < 4.78 is 45.3. The van der Waals surface area contributed by atoms with Gasteiger partial charge in [0.1, 0.15) is 5.56 Å². The Morgan fingerprint density at radius 3 is 2.50 bits per heavy atom. The number of aromatic nitrogens is 2. The van der Waals surface area contributed by atoms with E-state index in [1.54, 1.807) is 19.2 Å². The Labute approximate surface area is 139 Å². The zero-order valence-electron chi connectivity index (χ0n) is 13.9. The van der Waals surface area contributed by atoms with Gasteiger partial charge >= 0.3 is 12.2 Å². The number of hydrogen-bond acceptors (Lipinski definition) is 4. The molecule has 1 heterocycles. The number of nitrogens with zero attached hydrogens (tertiary/aromatic N) is 3. The first-order chi connectivity index (χ1) is 11.4. The molecular formula is C17H20F3N3O. The average molecular weight is 339 g/mol. The molecule has 0 aliphatic rings. The van der Waals surface area contributed by atoms with Crippen LogP contribution in [0.1, 0.15) is 31.4 Å². The van der Waals surface area contributed by atoms with E-state index in [9.17, 15) is 13.2 Å². The van der Waals surface area contributed by atoms with Gasteiger partial charge in [0.25, 0.3) is 0 Å². The Balaban J connectivity index is 2.52. The number of benzene rings is 1. The summed E-state index contributed by atoms with van der Waals surface area (Å²) in [6.45, 7) is 4.20. The standard InChI is InChI=1S/C17H20F3N3O/c1-4-10-24-16-21-11-13(17(18,19)20)15(22-16)23(3)14-9-7-6-8-12(14)5-2/h6-9,11H,4-5,10H2,1-3H3. The molecule has 0 amide bonds. The maximum Gasteiger partial charge on any atom is 0.421 e. The molecule has 1 aromatic heterocycles. The van der Waals surface area contributed by atoms with Crippen LogP contribution in [0.15, 0.2) is 30.5 Å². The summed E-state index contributed by atoms with van der Waals surface area (Å²) in [6.07, 6.45) is -2.35. The van der Waals surface area contributed by atoms with E-state index in [0.717, 1.165) is 11.8 Å². The summed E-state index contributed by atoms with van der Waals surface area (Å²) in [7, 11) is 1.57. The van der Waals surface area contributed by atoms with Gasteiger partial charge in [-0.05, 0) is 24.5 Å². The summed E-state index contributed by atoms with van der Waals surface area (Å²) in [6, 6.07) is 7.24. The predicted octanol–water partition coefficient (Wildman–Crippen LogP) is 4.61. The molecule has 0 unspecified atom stereocenters. The van der Waals surface area contributed by atoms with E-state index in [2.05, 4.69) is 9.97 Å². The van der Waals surface area contributed by atoms with Crippen LogP contribution >= 0.6 is 0 Å². The van der Waals surface area contributed by atoms with Gasteiger partial charge in [-0.1, -0.05) is 32.0 Å². The van der Waals surface area contributed by atoms with E-state index in [1.807, 2.05) is 26.0 Å². The molecule has 2 rings (SSSR count). The monoisotopic (exact) mass is 339 g/mol. The van der Waals surface area contributed by atoms with Gasteiger partial charge in [0, 0.05) is 18.9 Å². The molecule has 0 atom stereocenters. The smallest absolute Gasteiger partial charge is 0.421 e. The molecule has 0 saturated carbocycles. The van der Waals surface area contributed by atoms with Crippen molar-refractivity contribution >= 4 is 11.5 Å². The average Bonchev–Trinajstić information content (AvgIpc) is 2.58. The van der Waals surface area contributed by atoms with E-state index in [4.69, 9.17) is 4.74 Å². The van der Waals surface area contributed by atoms with Crippen LogP contribution < -0.4 is 9.64 Å². The zero-order valence-corrected chi connectivity index (χ0v) is 13.9. The molecule has 0 aliphatic carbocycles. The van der Waals surface area contributed by atoms with Crippen molar-refractivity contribution < 1.29 is 17.9 Å². The Hall–Kier alpha value is -2.31. The molecule has 0 fully saturated rings.